The predicted octanol–water partition coefficient (Wildman–Crippen LogP) is 2.60. The van der Waals surface area contributed by atoms with Crippen molar-refractivity contribution in [1.82, 2.24) is 0 Å². The Hall–Kier alpha value is -0.610. The highest BCUT2D eigenvalue weighted by Crippen LogP contribution is 2.26. The molecule has 0 amide bonds. The molecule has 1 heterocycles. The molecular formula is C7H5BrO2S. The molecule has 0 aliphatic rings. The van der Waals surface area contributed by atoms with E-state index in [1.807, 2.05) is 5.38 Å². The summed E-state index contributed by atoms with van der Waals surface area (Å²) >= 11 is 4.59. The second-order valence-corrected chi connectivity index (χ2v) is 3.50. The Morgan fingerprint density at radius 2 is 2.55 bits per heavy atom. The lowest BCUT2D eigenvalue weighted by molar-refractivity contribution is -0.128. The molecule has 2 nitrogen and oxygen atoms in total. The standard InChI is InChI=1S/C7H5BrO2S/c1-2-6(9)10-7-3-5(8)4-11-7/h2-4H,1H2. The number of esters is 1. The first kappa shape index (κ1) is 8.49. The topological polar surface area (TPSA) is 26.3 Å². The van der Waals surface area contributed by atoms with Crippen molar-refractivity contribution in [2.24, 2.45) is 0 Å². The van der Waals surface area contributed by atoms with Crippen LogP contribution in [0.5, 0.6) is 5.06 Å². The maximum Gasteiger partial charge on any atom is 0.336 e. The number of hydrogen-bond donors (Lipinski definition) is 0. The van der Waals surface area contributed by atoms with Gasteiger partial charge in [-0.25, -0.2) is 4.79 Å². The number of hydrogen-bond acceptors (Lipinski definition) is 3. The Kier molecular flexibility index (Phi) is 2.84. The summed E-state index contributed by atoms with van der Waals surface area (Å²) in [6.45, 7) is 3.28. The molecule has 0 saturated heterocycles. The average molecular weight is 233 g/mol. The van der Waals surface area contributed by atoms with E-state index in [4.69, 9.17) is 4.74 Å². The van der Waals surface area contributed by atoms with Crippen molar-refractivity contribution in [3.05, 3.63) is 28.6 Å². The fraction of sp³-hybridized carbons (Fsp3) is 0. The molecule has 0 fully saturated rings. The van der Waals surface area contributed by atoms with Crippen LogP contribution in [0.2, 0.25) is 0 Å². The van der Waals surface area contributed by atoms with E-state index in [1.165, 1.54) is 11.3 Å². The molecule has 4 heteroatoms. The van der Waals surface area contributed by atoms with Crippen molar-refractivity contribution in [1.29, 1.82) is 0 Å². The molecule has 0 spiro atoms. The van der Waals surface area contributed by atoms with E-state index >= 15 is 0 Å². The van der Waals surface area contributed by atoms with Gasteiger partial charge in [0.25, 0.3) is 0 Å². The molecule has 1 aromatic heterocycles. The third-order valence-electron chi connectivity index (χ3n) is 0.911. The Bertz CT molecular complexity index is 280. The highest BCUT2D eigenvalue weighted by atomic mass is 79.9. The number of rotatable bonds is 2. The molecule has 0 N–H and O–H groups in total. The van der Waals surface area contributed by atoms with E-state index in [-0.39, 0.29) is 0 Å². The molecule has 1 rings (SSSR count). The molecule has 0 saturated carbocycles. The van der Waals surface area contributed by atoms with Gasteiger partial charge >= 0.3 is 5.97 Å². The van der Waals surface area contributed by atoms with Crippen LogP contribution in [-0.4, -0.2) is 5.97 Å². The van der Waals surface area contributed by atoms with Crippen molar-refractivity contribution in [2.45, 2.75) is 0 Å². The van der Waals surface area contributed by atoms with Gasteiger partial charge in [-0.2, -0.15) is 0 Å². The van der Waals surface area contributed by atoms with Gasteiger partial charge in [-0.1, -0.05) is 6.58 Å². The lowest BCUT2D eigenvalue weighted by Crippen LogP contribution is -2.00. The van der Waals surface area contributed by atoms with Crippen LogP contribution in [0.15, 0.2) is 28.6 Å². The highest BCUT2D eigenvalue weighted by molar-refractivity contribution is 9.10. The first-order chi connectivity index (χ1) is 5.22. The minimum absolute atomic E-state index is 0.431. The largest absolute Gasteiger partial charge is 0.412 e. The van der Waals surface area contributed by atoms with E-state index in [0.29, 0.717) is 5.06 Å². The molecule has 0 atom stereocenters. The molecule has 0 radical (unpaired) electrons. The summed E-state index contributed by atoms with van der Waals surface area (Å²) in [6.07, 6.45) is 1.13. The van der Waals surface area contributed by atoms with E-state index in [2.05, 4.69) is 22.5 Å². The van der Waals surface area contributed by atoms with Crippen molar-refractivity contribution in [2.75, 3.05) is 0 Å². The zero-order valence-electron chi connectivity index (χ0n) is 5.54. The third kappa shape index (κ3) is 2.48. The average Bonchev–Trinajstić information content (AvgIpc) is 2.35. The van der Waals surface area contributed by atoms with E-state index in [1.54, 1.807) is 6.07 Å². The second kappa shape index (κ2) is 3.69. The van der Waals surface area contributed by atoms with E-state index in [0.717, 1.165) is 10.5 Å². The van der Waals surface area contributed by atoms with Crippen molar-refractivity contribution in [3.63, 3.8) is 0 Å². The molecule has 1 aromatic rings. The quantitative estimate of drug-likeness (QED) is 0.579. The van der Waals surface area contributed by atoms with Crippen LogP contribution in [0.3, 0.4) is 0 Å². The van der Waals surface area contributed by atoms with Crippen LogP contribution in [0.1, 0.15) is 0 Å². The smallest absolute Gasteiger partial charge is 0.336 e. The van der Waals surface area contributed by atoms with Gasteiger partial charge in [0.05, 0.1) is 0 Å². The summed E-state index contributed by atoms with van der Waals surface area (Å²) in [7, 11) is 0. The number of ether oxygens (including phenoxy) is 1. The number of thiophene rings is 1. The maximum atomic E-state index is 10.6. The van der Waals surface area contributed by atoms with Gasteiger partial charge in [-0.3, -0.25) is 0 Å². The first-order valence-electron chi connectivity index (χ1n) is 2.80. The molecule has 11 heavy (non-hydrogen) atoms. The van der Waals surface area contributed by atoms with Gasteiger partial charge in [-0.05, 0) is 15.9 Å². The fourth-order valence-electron chi connectivity index (χ4n) is 0.489. The van der Waals surface area contributed by atoms with Gasteiger partial charge in [0.1, 0.15) is 0 Å². The number of halogens is 1. The molecule has 0 aliphatic carbocycles. The van der Waals surface area contributed by atoms with Gasteiger partial charge in [0.2, 0.25) is 0 Å². The normalized spacial score (nSPS) is 9.18. The van der Waals surface area contributed by atoms with Crippen LogP contribution in [0, 0.1) is 0 Å². The Morgan fingerprint density at radius 1 is 1.82 bits per heavy atom. The summed E-state index contributed by atoms with van der Waals surface area (Å²) in [4.78, 5) is 10.6. The minimum atomic E-state index is -0.431. The Balaban J connectivity index is 2.64. The van der Waals surface area contributed by atoms with Gasteiger partial charge in [-0.15, -0.1) is 11.3 Å². The van der Waals surface area contributed by atoms with Gasteiger partial charge in [0, 0.05) is 22.0 Å². The summed E-state index contributed by atoms with van der Waals surface area (Å²) in [5.41, 5.74) is 0. The Labute approximate surface area is 76.6 Å². The maximum absolute atomic E-state index is 10.6. The van der Waals surface area contributed by atoms with Crippen LogP contribution >= 0.6 is 27.3 Å². The highest BCUT2D eigenvalue weighted by Gasteiger charge is 2.01. The Morgan fingerprint density at radius 3 is 3.00 bits per heavy atom. The van der Waals surface area contributed by atoms with Crippen LogP contribution in [-0.2, 0) is 4.79 Å². The summed E-state index contributed by atoms with van der Waals surface area (Å²) < 4.78 is 5.73. The van der Waals surface area contributed by atoms with Crippen molar-refractivity contribution >= 4 is 33.2 Å². The minimum Gasteiger partial charge on any atom is -0.412 e. The van der Waals surface area contributed by atoms with E-state index < -0.39 is 5.97 Å². The molecule has 0 aromatic carbocycles. The zero-order chi connectivity index (χ0) is 8.27. The summed E-state index contributed by atoms with van der Waals surface area (Å²) in [5.74, 6) is -0.431. The molecule has 0 unspecified atom stereocenters. The van der Waals surface area contributed by atoms with Crippen LogP contribution in [0.25, 0.3) is 0 Å². The first-order valence-corrected chi connectivity index (χ1v) is 4.48. The summed E-state index contributed by atoms with van der Waals surface area (Å²) in [6, 6.07) is 1.73. The number of carbonyl (C=O) groups is 1. The van der Waals surface area contributed by atoms with E-state index in [9.17, 15) is 4.79 Å². The predicted molar refractivity (Wildman–Crippen MR) is 47.9 cm³/mol. The fourth-order valence-corrected chi connectivity index (χ4v) is 1.75. The van der Waals surface area contributed by atoms with Crippen LogP contribution in [0.4, 0.5) is 0 Å². The molecule has 58 valence electrons. The second-order valence-electron chi connectivity index (χ2n) is 1.71. The van der Waals surface area contributed by atoms with Crippen LogP contribution < -0.4 is 4.74 Å². The lowest BCUT2D eigenvalue weighted by Gasteiger charge is -1.93. The summed E-state index contributed by atoms with van der Waals surface area (Å²) in [5, 5.41) is 2.41. The van der Waals surface area contributed by atoms with Crippen molar-refractivity contribution in [3.8, 4) is 5.06 Å². The zero-order valence-corrected chi connectivity index (χ0v) is 7.94. The third-order valence-corrected chi connectivity index (χ3v) is 2.48. The molecular weight excluding hydrogens is 228 g/mol. The van der Waals surface area contributed by atoms with Crippen molar-refractivity contribution < 1.29 is 9.53 Å². The van der Waals surface area contributed by atoms with Gasteiger partial charge < -0.3 is 4.74 Å². The number of carbonyl (C=O) groups excluding carboxylic acids is 1. The van der Waals surface area contributed by atoms with Gasteiger partial charge in [0.15, 0.2) is 5.06 Å². The lowest BCUT2D eigenvalue weighted by atomic mass is 10.6. The molecule has 0 aliphatic heterocycles. The SMILES string of the molecule is C=CC(=O)Oc1cc(Br)cs1. The monoisotopic (exact) mass is 232 g/mol. The molecule has 0 bridgehead atoms.